The normalized spacial score (nSPS) is 12.5. The van der Waals surface area contributed by atoms with Gasteiger partial charge in [-0.15, -0.1) is 0 Å². The average Bonchev–Trinajstić information content (AvgIpc) is 2.09. The Hall–Kier alpha value is -1.45. The molecule has 0 radical (unpaired) electrons. The van der Waals surface area contributed by atoms with Crippen molar-refractivity contribution in [2.45, 2.75) is 26.2 Å². The molecule has 1 aromatic carbocycles. The number of halogens is 2. The number of aliphatic carboxylic acids is 1. The van der Waals surface area contributed by atoms with Crippen LogP contribution in [0.2, 0.25) is 0 Å². The van der Waals surface area contributed by atoms with Crippen LogP contribution in [0.3, 0.4) is 0 Å². The van der Waals surface area contributed by atoms with Crippen LogP contribution in [0.25, 0.3) is 0 Å². The number of hydrogen-bond acceptors (Lipinski definition) is 1. The molecule has 1 atom stereocenters. The number of aryl methyl sites for hydroxylation is 1. The summed E-state index contributed by atoms with van der Waals surface area (Å²) in [5.74, 6) is -3.11. The van der Waals surface area contributed by atoms with E-state index in [1.54, 1.807) is 13.8 Å². The number of benzene rings is 1. The van der Waals surface area contributed by atoms with Gasteiger partial charge in [0.05, 0.1) is 6.42 Å². The smallest absolute Gasteiger partial charge is 0.303 e. The maximum Gasteiger partial charge on any atom is 0.303 e. The lowest BCUT2D eigenvalue weighted by atomic mass is 9.93. The third-order valence-corrected chi connectivity index (χ3v) is 2.32. The standard InChI is InChI=1S/C11H12F2O2/c1-6-3-9(12)10(13)5-8(6)7(2)4-11(14)15/h3,5,7H,4H2,1-2H3,(H,14,15). The molecule has 0 fully saturated rings. The second-order valence-electron chi connectivity index (χ2n) is 3.62. The van der Waals surface area contributed by atoms with E-state index in [-0.39, 0.29) is 12.3 Å². The summed E-state index contributed by atoms with van der Waals surface area (Å²) in [7, 11) is 0. The first-order valence-electron chi connectivity index (χ1n) is 4.59. The maximum atomic E-state index is 12.9. The Morgan fingerprint density at radius 1 is 1.40 bits per heavy atom. The molecule has 0 amide bonds. The van der Waals surface area contributed by atoms with Crippen LogP contribution >= 0.6 is 0 Å². The quantitative estimate of drug-likeness (QED) is 0.840. The van der Waals surface area contributed by atoms with Crippen LogP contribution in [0, 0.1) is 18.6 Å². The number of rotatable bonds is 3. The molecule has 0 heterocycles. The molecule has 1 aromatic rings. The highest BCUT2D eigenvalue weighted by Gasteiger charge is 2.15. The van der Waals surface area contributed by atoms with E-state index in [1.165, 1.54) is 0 Å². The topological polar surface area (TPSA) is 37.3 Å². The molecule has 0 aromatic heterocycles. The summed E-state index contributed by atoms with van der Waals surface area (Å²) in [6.07, 6.45) is -0.0914. The van der Waals surface area contributed by atoms with Crippen molar-refractivity contribution >= 4 is 5.97 Å². The zero-order valence-corrected chi connectivity index (χ0v) is 8.55. The molecule has 0 bridgehead atoms. The third-order valence-electron chi connectivity index (χ3n) is 2.32. The van der Waals surface area contributed by atoms with Gasteiger partial charge >= 0.3 is 5.97 Å². The Morgan fingerprint density at radius 2 is 1.93 bits per heavy atom. The molecule has 0 saturated heterocycles. The largest absolute Gasteiger partial charge is 0.481 e. The Morgan fingerprint density at radius 3 is 2.47 bits per heavy atom. The van der Waals surface area contributed by atoms with Gasteiger partial charge in [-0.3, -0.25) is 4.79 Å². The summed E-state index contributed by atoms with van der Waals surface area (Å²) in [5.41, 5.74) is 1.11. The highest BCUT2D eigenvalue weighted by atomic mass is 19.2. The highest BCUT2D eigenvalue weighted by Crippen LogP contribution is 2.24. The lowest BCUT2D eigenvalue weighted by Gasteiger charge is -2.12. The second kappa shape index (κ2) is 4.38. The lowest BCUT2D eigenvalue weighted by molar-refractivity contribution is -0.137. The highest BCUT2D eigenvalue weighted by molar-refractivity contribution is 5.68. The number of carbonyl (C=O) groups is 1. The SMILES string of the molecule is Cc1cc(F)c(F)cc1C(C)CC(=O)O. The zero-order chi connectivity index (χ0) is 11.6. The molecule has 1 N–H and O–H groups in total. The fourth-order valence-electron chi connectivity index (χ4n) is 1.56. The Bertz CT molecular complexity index is 388. The molecule has 0 aliphatic rings. The molecule has 15 heavy (non-hydrogen) atoms. The van der Waals surface area contributed by atoms with Gasteiger partial charge < -0.3 is 5.11 Å². The van der Waals surface area contributed by atoms with Gasteiger partial charge in [0.15, 0.2) is 11.6 Å². The van der Waals surface area contributed by atoms with Crippen molar-refractivity contribution in [3.8, 4) is 0 Å². The van der Waals surface area contributed by atoms with Gasteiger partial charge in [-0.1, -0.05) is 6.92 Å². The van der Waals surface area contributed by atoms with Gasteiger partial charge in [0.2, 0.25) is 0 Å². The van der Waals surface area contributed by atoms with Crippen molar-refractivity contribution in [2.75, 3.05) is 0 Å². The van der Waals surface area contributed by atoms with E-state index in [0.29, 0.717) is 11.1 Å². The first kappa shape index (κ1) is 11.6. The Kier molecular flexibility index (Phi) is 3.39. The van der Waals surface area contributed by atoms with E-state index in [4.69, 9.17) is 5.11 Å². The molecule has 0 spiro atoms. The maximum absolute atomic E-state index is 12.9. The lowest BCUT2D eigenvalue weighted by Crippen LogP contribution is -2.05. The molecule has 82 valence electrons. The van der Waals surface area contributed by atoms with Crippen LogP contribution in [-0.4, -0.2) is 11.1 Å². The van der Waals surface area contributed by atoms with Gasteiger partial charge in [0, 0.05) is 0 Å². The first-order valence-corrected chi connectivity index (χ1v) is 4.59. The summed E-state index contributed by atoms with van der Waals surface area (Å²) < 4.78 is 25.7. The van der Waals surface area contributed by atoms with Crippen molar-refractivity contribution < 1.29 is 18.7 Å². The summed E-state index contributed by atoms with van der Waals surface area (Å²) in [6.45, 7) is 3.31. The zero-order valence-electron chi connectivity index (χ0n) is 8.55. The van der Waals surface area contributed by atoms with E-state index in [0.717, 1.165) is 12.1 Å². The van der Waals surface area contributed by atoms with Crippen LogP contribution in [-0.2, 0) is 4.79 Å². The fraction of sp³-hybridized carbons (Fsp3) is 0.364. The van der Waals surface area contributed by atoms with Crippen LogP contribution < -0.4 is 0 Å². The Labute approximate surface area is 86.5 Å². The van der Waals surface area contributed by atoms with Crippen LogP contribution in [0.4, 0.5) is 8.78 Å². The van der Waals surface area contributed by atoms with E-state index in [9.17, 15) is 13.6 Å². The first-order chi connectivity index (χ1) is 6.91. The van der Waals surface area contributed by atoms with E-state index < -0.39 is 17.6 Å². The minimum Gasteiger partial charge on any atom is -0.481 e. The molecule has 0 aliphatic carbocycles. The molecule has 0 saturated carbocycles. The molecular formula is C11H12F2O2. The predicted molar refractivity (Wildman–Crippen MR) is 51.8 cm³/mol. The van der Waals surface area contributed by atoms with E-state index >= 15 is 0 Å². The summed E-state index contributed by atoms with van der Waals surface area (Å²) >= 11 is 0. The van der Waals surface area contributed by atoms with Gasteiger partial charge in [0.25, 0.3) is 0 Å². The predicted octanol–water partition coefficient (Wildman–Crippen LogP) is 2.85. The molecule has 2 nitrogen and oxygen atoms in total. The van der Waals surface area contributed by atoms with Crippen molar-refractivity contribution in [3.63, 3.8) is 0 Å². The number of carboxylic acids is 1. The van der Waals surface area contributed by atoms with E-state index in [1.807, 2.05) is 0 Å². The summed E-state index contributed by atoms with van der Waals surface area (Å²) in [5, 5.41) is 8.59. The summed E-state index contributed by atoms with van der Waals surface area (Å²) in [4.78, 5) is 10.5. The van der Waals surface area contributed by atoms with Crippen molar-refractivity contribution in [2.24, 2.45) is 0 Å². The minimum absolute atomic E-state index is 0.0914. The summed E-state index contributed by atoms with van der Waals surface area (Å²) in [6, 6.07) is 2.15. The average molecular weight is 214 g/mol. The molecule has 0 aliphatic heterocycles. The minimum atomic E-state index is -0.952. The van der Waals surface area contributed by atoms with Crippen molar-refractivity contribution in [1.29, 1.82) is 0 Å². The third kappa shape index (κ3) is 2.75. The van der Waals surface area contributed by atoms with Gasteiger partial charge in [-0.2, -0.15) is 0 Å². The fourth-order valence-corrected chi connectivity index (χ4v) is 1.56. The van der Waals surface area contributed by atoms with Gasteiger partial charge in [0.1, 0.15) is 0 Å². The Balaban J connectivity index is 3.03. The molecule has 1 rings (SSSR count). The van der Waals surface area contributed by atoms with Crippen molar-refractivity contribution in [1.82, 2.24) is 0 Å². The van der Waals surface area contributed by atoms with Gasteiger partial charge in [-0.05, 0) is 36.1 Å². The second-order valence-corrected chi connectivity index (χ2v) is 3.62. The van der Waals surface area contributed by atoms with Gasteiger partial charge in [-0.25, -0.2) is 8.78 Å². The number of carboxylic acid groups (broad SMARTS) is 1. The van der Waals surface area contributed by atoms with Crippen molar-refractivity contribution in [3.05, 3.63) is 34.9 Å². The van der Waals surface area contributed by atoms with Crippen LogP contribution in [0.15, 0.2) is 12.1 Å². The molecule has 1 unspecified atom stereocenters. The number of hydrogen-bond donors (Lipinski definition) is 1. The molecule has 4 heteroatoms. The monoisotopic (exact) mass is 214 g/mol. The molecular weight excluding hydrogens is 202 g/mol. The van der Waals surface area contributed by atoms with E-state index in [2.05, 4.69) is 0 Å². The van der Waals surface area contributed by atoms with Crippen LogP contribution in [0.1, 0.15) is 30.4 Å². The van der Waals surface area contributed by atoms with Crippen LogP contribution in [0.5, 0.6) is 0 Å².